The molecule has 0 radical (unpaired) electrons. The molecule has 0 saturated carbocycles. The first-order valence-corrected chi connectivity index (χ1v) is 10.8. The molecule has 0 atom stereocenters. The van der Waals surface area contributed by atoms with Crippen LogP contribution in [0.25, 0.3) is 12.2 Å². The van der Waals surface area contributed by atoms with E-state index in [0.717, 1.165) is 30.4 Å². The molecule has 1 aliphatic heterocycles. The molecule has 1 N–H and O–H groups in total. The van der Waals surface area contributed by atoms with E-state index in [4.69, 9.17) is 4.52 Å². The number of nitrogens with zero attached hydrogens (tertiary/aromatic N) is 2. The highest BCUT2D eigenvalue weighted by Crippen LogP contribution is 2.26. The number of carbonyl (C=O) groups excluding carboxylic acids is 1. The first-order chi connectivity index (χ1) is 13.3. The molecule has 1 aromatic heterocycles. The van der Waals surface area contributed by atoms with Gasteiger partial charge in [0.1, 0.15) is 11.4 Å². The zero-order chi connectivity index (χ0) is 20.3. The van der Waals surface area contributed by atoms with Crippen LogP contribution in [0.5, 0.6) is 0 Å². The van der Waals surface area contributed by atoms with Gasteiger partial charge in [-0.05, 0) is 50.0 Å². The highest BCUT2D eigenvalue weighted by Gasteiger charge is 2.27. The zero-order valence-electron chi connectivity index (χ0n) is 16.4. The number of carbonyl (C=O) groups is 1. The van der Waals surface area contributed by atoms with Crippen molar-refractivity contribution in [3.05, 3.63) is 40.8 Å². The van der Waals surface area contributed by atoms with Crippen LogP contribution < -0.4 is 5.32 Å². The number of sulfonamides is 1. The molecule has 1 fully saturated rings. The van der Waals surface area contributed by atoms with Crippen molar-refractivity contribution in [1.82, 2.24) is 9.46 Å². The molecule has 0 aliphatic carbocycles. The topological polar surface area (TPSA) is 92.5 Å². The van der Waals surface area contributed by atoms with Crippen molar-refractivity contribution < 1.29 is 17.7 Å². The van der Waals surface area contributed by atoms with Crippen molar-refractivity contribution in [3.8, 4) is 0 Å². The Morgan fingerprint density at radius 1 is 1.18 bits per heavy atom. The number of hydrogen-bond donors (Lipinski definition) is 1. The molecule has 150 valence electrons. The van der Waals surface area contributed by atoms with Crippen molar-refractivity contribution in [2.45, 2.75) is 44.9 Å². The summed E-state index contributed by atoms with van der Waals surface area (Å²) in [7, 11) is -3.51. The molecule has 3 rings (SSSR count). The highest BCUT2D eigenvalue weighted by atomic mass is 32.2. The molecule has 1 amide bonds. The van der Waals surface area contributed by atoms with E-state index in [2.05, 4.69) is 10.5 Å². The van der Waals surface area contributed by atoms with Gasteiger partial charge in [0.05, 0.1) is 4.90 Å². The number of rotatable bonds is 5. The summed E-state index contributed by atoms with van der Waals surface area (Å²) in [4.78, 5) is 11.7. The Morgan fingerprint density at radius 2 is 1.89 bits per heavy atom. The number of piperidine rings is 1. The van der Waals surface area contributed by atoms with Gasteiger partial charge in [-0.1, -0.05) is 29.8 Å². The summed E-state index contributed by atoms with van der Waals surface area (Å²) < 4.78 is 32.9. The van der Waals surface area contributed by atoms with Gasteiger partial charge in [-0.3, -0.25) is 4.79 Å². The summed E-state index contributed by atoms with van der Waals surface area (Å²) in [5.41, 5.74) is 2.53. The lowest BCUT2D eigenvalue weighted by Crippen LogP contribution is -2.35. The molecule has 8 heteroatoms. The summed E-state index contributed by atoms with van der Waals surface area (Å²) in [5.74, 6) is 0.194. The fraction of sp³-hybridized carbons (Fsp3) is 0.400. The number of nitrogens with one attached hydrogen (secondary N) is 1. The minimum absolute atomic E-state index is 0.216. The number of hydrogen-bond acceptors (Lipinski definition) is 5. The van der Waals surface area contributed by atoms with Gasteiger partial charge in [0, 0.05) is 20.0 Å². The number of aromatic nitrogens is 1. The van der Waals surface area contributed by atoms with E-state index in [1.807, 2.05) is 6.07 Å². The third-order valence-electron chi connectivity index (χ3n) is 4.76. The van der Waals surface area contributed by atoms with Crippen LogP contribution in [-0.2, 0) is 14.8 Å². The van der Waals surface area contributed by atoms with Crippen LogP contribution in [0, 0.1) is 13.8 Å². The van der Waals surface area contributed by atoms with Crippen LogP contribution in [0.3, 0.4) is 0 Å². The van der Waals surface area contributed by atoms with E-state index in [0.29, 0.717) is 35.1 Å². The van der Waals surface area contributed by atoms with Crippen LogP contribution in [0.15, 0.2) is 27.6 Å². The first kappa shape index (κ1) is 20.3. The maximum atomic E-state index is 13.0. The Bertz CT molecular complexity index is 1000. The molecule has 0 bridgehead atoms. The molecule has 28 heavy (non-hydrogen) atoms. The Hall–Kier alpha value is -2.45. The van der Waals surface area contributed by atoms with Crippen LogP contribution in [0.4, 0.5) is 5.69 Å². The Morgan fingerprint density at radius 3 is 2.57 bits per heavy atom. The lowest BCUT2D eigenvalue weighted by Gasteiger charge is -2.26. The molecular weight excluding hydrogens is 378 g/mol. The van der Waals surface area contributed by atoms with Crippen LogP contribution in [0.2, 0.25) is 0 Å². The maximum absolute atomic E-state index is 13.0. The van der Waals surface area contributed by atoms with Crippen molar-refractivity contribution in [2.24, 2.45) is 0 Å². The fourth-order valence-corrected chi connectivity index (χ4v) is 5.02. The SMILES string of the molecule is CC(=O)Nc1c(C)noc1C=Cc1ccc(C)c(S(=O)(=O)N2CCCCC2)c1. The zero-order valence-corrected chi connectivity index (χ0v) is 17.2. The maximum Gasteiger partial charge on any atom is 0.243 e. The third kappa shape index (κ3) is 4.34. The first-order valence-electron chi connectivity index (χ1n) is 9.32. The summed E-state index contributed by atoms with van der Waals surface area (Å²) in [5, 5.41) is 6.57. The predicted molar refractivity (Wildman–Crippen MR) is 108 cm³/mol. The molecule has 1 aromatic carbocycles. The minimum atomic E-state index is -3.51. The van der Waals surface area contributed by atoms with Gasteiger partial charge in [-0.25, -0.2) is 8.42 Å². The predicted octanol–water partition coefficient (Wildman–Crippen LogP) is 3.59. The second-order valence-electron chi connectivity index (χ2n) is 7.01. The van der Waals surface area contributed by atoms with Crippen LogP contribution in [0.1, 0.15) is 48.8 Å². The van der Waals surface area contributed by atoms with Crippen molar-refractivity contribution >= 4 is 33.8 Å². The van der Waals surface area contributed by atoms with Crippen molar-refractivity contribution in [2.75, 3.05) is 18.4 Å². The fourth-order valence-electron chi connectivity index (χ4n) is 3.24. The third-order valence-corrected chi connectivity index (χ3v) is 6.80. The molecule has 1 aliphatic rings. The average molecular weight is 404 g/mol. The van der Waals surface area contributed by atoms with E-state index in [-0.39, 0.29) is 5.91 Å². The van der Waals surface area contributed by atoms with Gasteiger partial charge >= 0.3 is 0 Å². The molecule has 2 aromatic rings. The van der Waals surface area contributed by atoms with Crippen LogP contribution in [-0.4, -0.2) is 36.9 Å². The van der Waals surface area contributed by atoms with Gasteiger partial charge in [-0.2, -0.15) is 4.31 Å². The highest BCUT2D eigenvalue weighted by molar-refractivity contribution is 7.89. The molecule has 2 heterocycles. The minimum Gasteiger partial charge on any atom is -0.354 e. The normalized spacial score (nSPS) is 15.8. The van der Waals surface area contributed by atoms with Gasteiger partial charge in [0.2, 0.25) is 15.9 Å². The van der Waals surface area contributed by atoms with Crippen molar-refractivity contribution in [3.63, 3.8) is 0 Å². The van der Waals surface area contributed by atoms with E-state index in [1.165, 1.54) is 6.92 Å². The van der Waals surface area contributed by atoms with Gasteiger partial charge in [-0.15, -0.1) is 0 Å². The molecule has 0 unspecified atom stereocenters. The number of anilines is 1. The summed E-state index contributed by atoms with van der Waals surface area (Å²) in [6, 6.07) is 5.33. The van der Waals surface area contributed by atoms with E-state index in [9.17, 15) is 13.2 Å². The summed E-state index contributed by atoms with van der Waals surface area (Å²) in [6.45, 7) is 6.09. The smallest absolute Gasteiger partial charge is 0.243 e. The van der Waals surface area contributed by atoms with Crippen molar-refractivity contribution in [1.29, 1.82) is 0 Å². The molecule has 1 saturated heterocycles. The lowest BCUT2D eigenvalue weighted by molar-refractivity contribution is -0.114. The van der Waals surface area contributed by atoms with Crippen LogP contribution >= 0.6 is 0 Å². The van der Waals surface area contributed by atoms with Gasteiger partial charge in [0.15, 0.2) is 5.76 Å². The average Bonchev–Trinajstić information content (AvgIpc) is 3.01. The standard InChI is InChI=1S/C20H25N3O4S/c1-14-7-8-17(9-10-18-20(21-16(3)24)15(2)22-27-18)13-19(14)28(25,26)23-11-5-4-6-12-23/h7-10,13H,4-6,11-12H2,1-3H3,(H,21,24). The number of aryl methyl sites for hydroxylation is 2. The number of amides is 1. The Kier molecular flexibility index (Phi) is 6.00. The van der Waals surface area contributed by atoms with E-state index < -0.39 is 10.0 Å². The monoisotopic (exact) mass is 403 g/mol. The van der Waals surface area contributed by atoms with Gasteiger partial charge in [0.25, 0.3) is 0 Å². The second-order valence-corrected chi connectivity index (χ2v) is 8.92. The lowest BCUT2D eigenvalue weighted by atomic mass is 10.1. The quantitative estimate of drug-likeness (QED) is 0.823. The van der Waals surface area contributed by atoms with Gasteiger partial charge < -0.3 is 9.84 Å². The molecular formula is C20H25N3O4S. The van der Waals surface area contributed by atoms with E-state index >= 15 is 0 Å². The Labute approximate surface area is 165 Å². The Balaban J connectivity index is 1.90. The number of benzene rings is 1. The second kappa shape index (κ2) is 8.28. The molecule has 0 spiro atoms. The summed E-state index contributed by atoms with van der Waals surface area (Å²) in [6.07, 6.45) is 6.29. The van der Waals surface area contributed by atoms with E-state index in [1.54, 1.807) is 42.4 Å². The molecule has 7 nitrogen and oxygen atoms in total. The summed E-state index contributed by atoms with van der Waals surface area (Å²) >= 11 is 0. The largest absolute Gasteiger partial charge is 0.354 e.